The molecule has 0 saturated carbocycles. The van der Waals surface area contributed by atoms with Crippen molar-refractivity contribution in [3.8, 4) is 11.1 Å². The minimum Gasteiger partial charge on any atom is -0.399 e. The Balaban J connectivity index is 1.39. The van der Waals surface area contributed by atoms with Gasteiger partial charge in [-0.1, -0.05) is 12.1 Å². The minimum absolute atomic E-state index is 0.00507. The van der Waals surface area contributed by atoms with Crippen molar-refractivity contribution in [1.29, 1.82) is 0 Å². The molecular formula is C26H27F4N5O. The molecule has 10 heteroatoms. The minimum atomic E-state index is -0.924. The first-order chi connectivity index (χ1) is 17.4. The van der Waals surface area contributed by atoms with E-state index in [1.807, 2.05) is 19.3 Å². The summed E-state index contributed by atoms with van der Waals surface area (Å²) in [5.74, 6) is -2.61. The number of piperidine rings is 1. The Morgan fingerprint density at radius 3 is 2.06 bits per heavy atom. The molecule has 1 aromatic heterocycles. The Hall–Kier alpha value is -3.69. The van der Waals surface area contributed by atoms with Crippen molar-refractivity contribution in [2.24, 2.45) is 11.1 Å². The molecule has 0 bridgehead atoms. The highest BCUT2D eigenvalue weighted by molar-refractivity contribution is 5.81. The quantitative estimate of drug-likeness (QED) is 0.248. The van der Waals surface area contributed by atoms with E-state index < -0.39 is 28.8 Å². The molecule has 1 fully saturated rings. The number of hydrogen-bond acceptors (Lipinski definition) is 6. The third kappa shape index (κ3) is 5.75. The number of aromatic nitrogens is 2. The van der Waals surface area contributed by atoms with Crippen LogP contribution in [-0.4, -0.2) is 42.9 Å². The summed E-state index contributed by atoms with van der Waals surface area (Å²) in [5, 5.41) is 6.22. The normalized spacial score (nSPS) is 14.4. The molecule has 0 amide bonds. The molecule has 3 aromatic rings. The summed E-state index contributed by atoms with van der Waals surface area (Å²) < 4.78 is 58.2. The van der Waals surface area contributed by atoms with Gasteiger partial charge in [0.2, 0.25) is 5.95 Å². The molecular weight excluding hydrogens is 474 g/mol. The van der Waals surface area contributed by atoms with E-state index >= 15 is 0 Å². The smallest absolute Gasteiger partial charge is 0.225 e. The lowest BCUT2D eigenvalue weighted by Gasteiger charge is -2.32. The standard InChI is InChI=1S/C26H27F4N5O/c1-3-16-12-32-26(33-13-16)35-6-4-17(5-7-35)14-31-25-23(29)10-19(11-24(25)30)18-8-21(27)20(15-34-36-2)22(28)9-18/h8-13,15,17,31H,3-7,14H2,1-2H3/b34-15+. The van der Waals surface area contributed by atoms with E-state index in [1.165, 1.54) is 7.11 Å². The number of aryl methyl sites for hydroxylation is 1. The predicted octanol–water partition coefficient (Wildman–Crippen LogP) is 5.57. The van der Waals surface area contributed by atoms with Crippen molar-refractivity contribution in [2.45, 2.75) is 26.2 Å². The van der Waals surface area contributed by atoms with Crippen LogP contribution in [0, 0.1) is 29.2 Å². The van der Waals surface area contributed by atoms with Gasteiger partial charge < -0.3 is 15.1 Å². The Morgan fingerprint density at radius 2 is 1.53 bits per heavy atom. The molecule has 1 aliphatic rings. The van der Waals surface area contributed by atoms with Gasteiger partial charge in [0.1, 0.15) is 36.1 Å². The number of oxime groups is 1. The number of hydrogen-bond donors (Lipinski definition) is 1. The maximum absolute atomic E-state index is 14.8. The molecule has 190 valence electrons. The van der Waals surface area contributed by atoms with Crippen LogP contribution in [0.25, 0.3) is 11.1 Å². The molecule has 2 aromatic carbocycles. The van der Waals surface area contributed by atoms with Gasteiger partial charge in [0.05, 0.1) is 11.8 Å². The second-order valence-electron chi connectivity index (χ2n) is 8.64. The maximum atomic E-state index is 14.8. The van der Waals surface area contributed by atoms with Crippen LogP contribution in [0.3, 0.4) is 0 Å². The van der Waals surface area contributed by atoms with E-state index in [0.29, 0.717) is 12.5 Å². The summed E-state index contributed by atoms with van der Waals surface area (Å²) in [6.07, 6.45) is 7.08. The Bertz CT molecular complexity index is 1180. The number of benzene rings is 2. The van der Waals surface area contributed by atoms with E-state index in [-0.39, 0.29) is 22.7 Å². The van der Waals surface area contributed by atoms with Gasteiger partial charge >= 0.3 is 0 Å². The summed E-state index contributed by atoms with van der Waals surface area (Å²) in [6.45, 7) is 3.95. The van der Waals surface area contributed by atoms with Crippen molar-refractivity contribution in [3.05, 3.63) is 71.1 Å². The molecule has 1 saturated heterocycles. The average molecular weight is 502 g/mol. The van der Waals surface area contributed by atoms with Crippen LogP contribution < -0.4 is 10.2 Å². The maximum Gasteiger partial charge on any atom is 0.225 e. The van der Waals surface area contributed by atoms with Crippen LogP contribution in [0.4, 0.5) is 29.2 Å². The van der Waals surface area contributed by atoms with E-state index in [1.54, 1.807) is 0 Å². The van der Waals surface area contributed by atoms with Gasteiger partial charge in [-0.25, -0.2) is 27.5 Å². The zero-order valence-electron chi connectivity index (χ0n) is 20.1. The molecule has 1 N–H and O–H groups in total. The van der Waals surface area contributed by atoms with Gasteiger partial charge in [-0.3, -0.25) is 0 Å². The van der Waals surface area contributed by atoms with Crippen molar-refractivity contribution in [3.63, 3.8) is 0 Å². The lowest BCUT2D eigenvalue weighted by molar-refractivity contribution is 0.215. The summed E-state index contributed by atoms with van der Waals surface area (Å²) in [6, 6.07) is 4.11. The largest absolute Gasteiger partial charge is 0.399 e. The van der Waals surface area contributed by atoms with Crippen LogP contribution in [-0.2, 0) is 11.3 Å². The second kappa shape index (κ2) is 11.4. The monoisotopic (exact) mass is 501 g/mol. The third-order valence-corrected chi connectivity index (χ3v) is 6.31. The molecule has 2 heterocycles. The summed E-state index contributed by atoms with van der Waals surface area (Å²) in [5.41, 5.74) is 0.438. The second-order valence-corrected chi connectivity index (χ2v) is 8.64. The first kappa shape index (κ1) is 25.4. The third-order valence-electron chi connectivity index (χ3n) is 6.31. The van der Waals surface area contributed by atoms with Gasteiger partial charge in [-0.05, 0) is 66.1 Å². The molecule has 0 unspecified atom stereocenters. The number of anilines is 2. The predicted molar refractivity (Wildman–Crippen MR) is 131 cm³/mol. The van der Waals surface area contributed by atoms with Crippen molar-refractivity contribution >= 4 is 17.9 Å². The van der Waals surface area contributed by atoms with Gasteiger partial charge in [0.25, 0.3) is 0 Å². The van der Waals surface area contributed by atoms with Crippen LogP contribution in [0.5, 0.6) is 0 Å². The molecule has 6 nitrogen and oxygen atoms in total. The summed E-state index contributed by atoms with van der Waals surface area (Å²) >= 11 is 0. The molecule has 0 atom stereocenters. The van der Waals surface area contributed by atoms with E-state index in [4.69, 9.17) is 0 Å². The number of rotatable bonds is 8. The fourth-order valence-electron chi connectivity index (χ4n) is 4.17. The molecule has 4 rings (SSSR count). The van der Waals surface area contributed by atoms with Gasteiger partial charge in [0.15, 0.2) is 0 Å². The fraction of sp³-hybridized carbons (Fsp3) is 0.346. The van der Waals surface area contributed by atoms with Gasteiger partial charge in [-0.2, -0.15) is 0 Å². The van der Waals surface area contributed by atoms with Crippen LogP contribution in [0.1, 0.15) is 30.9 Å². The Morgan fingerprint density at radius 1 is 0.972 bits per heavy atom. The summed E-state index contributed by atoms with van der Waals surface area (Å²) in [7, 11) is 1.24. The highest BCUT2D eigenvalue weighted by atomic mass is 19.1. The van der Waals surface area contributed by atoms with Crippen molar-refractivity contribution in [2.75, 3.05) is 37.0 Å². The van der Waals surface area contributed by atoms with E-state index in [0.717, 1.165) is 68.4 Å². The first-order valence-corrected chi connectivity index (χ1v) is 11.7. The van der Waals surface area contributed by atoms with E-state index in [2.05, 4.69) is 30.2 Å². The highest BCUT2D eigenvalue weighted by Gasteiger charge is 2.22. The average Bonchev–Trinajstić information content (AvgIpc) is 2.88. The van der Waals surface area contributed by atoms with Crippen LogP contribution in [0.2, 0.25) is 0 Å². The van der Waals surface area contributed by atoms with E-state index in [9.17, 15) is 17.6 Å². The SMILES string of the molecule is CCc1cnc(N2CCC(CNc3c(F)cc(-c4cc(F)c(/C=N/OC)c(F)c4)cc3F)CC2)nc1. The lowest BCUT2D eigenvalue weighted by atomic mass is 9.96. The van der Waals surface area contributed by atoms with Gasteiger partial charge in [0, 0.05) is 32.0 Å². The highest BCUT2D eigenvalue weighted by Crippen LogP contribution is 2.30. The lowest BCUT2D eigenvalue weighted by Crippen LogP contribution is -2.37. The van der Waals surface area contributed by atoms with Gasteiger partial charge in [-0.15, -0.1) is 0 Å². The topological polar surface area (TPSA) is 62.6 Å². The number of nitrogens with zero attached hydrogens (tertiary/aromatic N) is 4. The fourth-order valence-corrected chi connectivity index (χ4v) is 4.17. The number of halogens is 4. The number of nitrogens with one attached hydrogen (secondary N) is 1. The van der Waals surface area contributed by atoms with Crippen molar-refractivity contribution in [1.82, 2.24) is 9.97 Å². The molecule has 0 spiro atoms. The zero-order chi connectivity index (χ0) is 25.7. The molecule has 36 heavy (non-hydrogen) atoms. The molecule has 0 aliphatic carbocycles. The summed E-state index contributed by atoms with van der Waals surface area (Å²) in [4.78, 5) is 15.4. The van der Waals surface area contributed by atoms with Crippen molar-refractivity contribution < 1.29 is 22.4 Å². The zero-order valence-corrected chi connectivity index (χ0v) is 20.1. The Labute approximate surface area is 207 Å². The Kier molecular flexibility index (Phi) is 8.02. The first-order valence-electron chi connectivity index (χ1n) is 11.7. The van der Waals surface area contributed by atoms with Crippen LogP contribution in [0.15, 0.2) is 41.8 Å². The molecule has 0 radical (unpaired) electrons. The molecule has 1 aliphatic heterocycles. The van der Waals surface area contributed by atoms with Crippen LogP contribution >= 0.6 is 0 Å².